The Hall–Kier alpha value is -1.62. The van der Waals surface area contributed by atoms with Crippen molar-refractivity contribution in [1.82, 2.24) is 7.61 Å². The van der Waals surface area contributed by atoms with E-state index in [2.05, 4.69) is 6.77 Å². The van der Waals surface area contributed by atoms with Gasteiger partial charge < -0.3 is 0 Å². The molecule has 0 unspecified atom stereocenters. The van der Waals surface area contributed by atoms with E-state index in [9.17, 15) is 20.0 Å². The fourth-order valence-corrected chi connectivity index (χ4v) is 4.79. The molecular weight excluding hydrogens is 491 g/mol. The van der Waals surface area contributed by atoms with E-state index in [1.165, 1.54) is 25.1 Å². The predicted molar refractivity (Wildman–Crippen MR) is 89.7 cm³/mol. The number of aliphatic hydroxyl groups excluding tert-OH is 1. The van der Waals surface area contributed by atoms with E-state index < -0.39 is 29.0 Å². The van der Waals surface area contributed by atoms with Crippen LogP contribution < -0.4 is 0 Å². The molecule has 1 fully saturated rings. The van der Waals surface area contributed by atoms with Crippen molar-refractivity contribution in [2.45, 2.75) is 6.92 Å². The Labute approximate surface area is 146 Å². The molecule has 1 N–H and O–H groups in total. The number of nitrogens with zero attached hydrogens (tertiary/aromatic N) is 3. The molecule has 1 aromatic carbocycles. The number of piperazine rings is 1. The molecule has 0 atom stereocenters. The number of aliphatic hydroxyl groups is 1. The van der Waals surface area contributed by atoms with E-state index in [4.69, 9.17) is 0 Å². The maximum absolute atomic E-state index is 12.5. The first-order valence-electron chi connectivity index (χ1n) is 7.24. The average molecular weight is 509 g/mol. The van der Waals surface area contributed by atoms with Crippen molar-refractivity contribution in [2.75, 3.05) is 26.2 Å². The van der Waals surface area contributed by atoms with Crippen molar-refractivity contribution < 1.29 is 14.8 Å². The predicted octanol–water partition coefficient (Wildman–Crippen LogP) is 1.32. The van der Waals surface area contributed by atoms with E-state index in [1.54, 1.807) is 11.0 Å². The van der Waals surface area contributed by atoms with Crippen LogP contribution in [0.5, 0.6) is 0 Å². The summed E-state index contributed by atoms with van der Waals surface area (Å²) in [6.45, 7) is 4.40. The first-order valence-corrected chi connectivity index (χ1v) is 12.4. The first-order chi connectivity index (χ1) is 10.9. The van der Waals surface area contributed by atoms with Gasteiger partial charge in [-0.3, -0.25) is 0 Å². The molecule has 0 spiro atoms. The van der Waals surface area contributed by atoms with Gasteiger partial charge in [-0.15, -0.1) is 0 Å². The van der Waals surface area contributed by atoms with E-state index in [0.717, 1.165) is 13.1 Å². The van der Waals surface area contributed by atoms with Gasteiger partial charge in [-0.25, -0.2) is 0 Å². The number of carbonyl (C=O) groups is 1. The Morgan fingerprint density at radius 3 is 2.57 bits per heavy atom. The number of hydrogen-bond acceptors (Lipinski definition) is 5. The summed E-state index contributed by atoms with van der Waals surface area (Å²) in [6.07, 6.45) is 1.31. The summed E-state index contributed by atoms with van der Waals surface area (Å²) in [5, 5.41) is 20.5. The second kappa shape index (κ2) is 7.77. The third-order valence-electron chi connectivity index (χ3n) is 3.70. The standard InChI is InChI=1S/C14H16N3O4.CH2.Tl/c1-10(18)8-11-2-3-12(9-13(11)17(20)21)14(19)16-6-4-15-5-7-16;;/h2-3,8-9,18H,4-7H2,1H3;1H2;/q-1;;+1/b10-8+;;. The summed E-state index contributed by atoms with van der Waals surface area (Å²) in [6, 6.07) is 4.34. The van der Waals surface area contributed by atoms with Crippen LogP contribution in [0.15, 0.2) is 24.0 Å². The van der Waals surface area contributed by atoms with Crippen LogP contribution in [-0.4, -0.2) is 77.8 Å². The van der Waals surface area contributed by atoms with Crippen molar-refractivity contribution >= 4 is 45.8 Å². The molecule has 1 aliphatic heterocycles. The van der Waals surface area contributed by atoms with Crippen molar-refractivity contribution in [3.8, 4) is 0 Å². The van der Waals surface area contributed by atoms with Crippen LogP contribution in [-0.2, 0) is 0 Å². The fourth-order valence-electron chi connectivity index (χ4n) is 2.47. The van der Waals surface area contributed by atoms with Gasteiger partial charge >= 0.3 is 147 Å². The fraction of sp³-hybridized carbons (Fsp3) is 0.333. The zero-order valence-corrected chi connectivity index (χ0v) is 17.4. The quantitative estimate of drug-likeness (QED) is 0.287. The van der Waals surface area contributed by atoms with Gasteiger partial charge in [0.15, 0.2) is 0 Å². The van der Waals surface area contributed by atoms with Crippen molar-refractivity contribution in [3.63, 3.8) is 0 Å². The zero-order chi connectivity index (χ0) is 17.0. The molecule has 0 saturated carbocycles. The topological polar surface area (TPSA) is 86.9 Å². The first kappa shape index (κ1) is 17.7. The molecule has 1 heterocycles. The Kier molecular flexibility index (Phi) is 5.99. The molecule has 1 aromatic rings. The summed E-state index contributed by atoms with van der Waals surface area (Å²) in [4.78, 5) is 24.9. The molecule has 0 bridgehead atoms. The van der Waals surface area contributed by atoms with Gasteiger partial charge in [-0.2, -0.15) is 0 Å². The number of hydrogen-bond donors (Lipinski definition) is 1. The summed E-state index contributed by atoms with van der Waals surface area (Å²) in [5.74, 6) is -0.217. The second-order valence-corrected chi connectivity index (χ2v) is 9.59. The Bertz CT molecular complexity index is 663. The van der Waals surface area contributed by atoms with Crippen molar-refractivity contribution in [2.24, 2.45) is 0 Å². The van der Waals surface area contributed by atoms with E-state index in [1.807, 2.05) is 0 Å². The zero-order valence-electron chi connectivity index (χ0n) is 12.9. The van der Waals surface area contributed by atoms with Crippen molar-refractivity contribution in [1.29, 1.82) is 0 Å². The van der Waals surface area contributed by atoms with Gasteiger partial charge in [-0.05, 0) is 0 Å². The molecule has 1 saturated heterocycles. The Morgan fingerprint density at radius 1 is 1.39 bits per heavy atom. The van der Waals surface area contributed by atoms with Gasteiger partial charge in [0.25, 0.3) is 0 Å². The minimum atomic E-state index is -1.03. The number of nitro benzene ring substituents is 1. The van der Waals surface area contributed by atoms with Gasteiger partial charge in [0.05, 0.1) is 0 Å². The van der Waals surface area contributed by atoms with Crippen molar-refractivity contribution in [3.05, 3.63) is 45.2 Å². The van der Waals surface area contributed by atoms with E-state index in [-0.39, 0.29) is 22.9 Å². The van der Waals surface area contributed by atoms with Gasteiger partial charge in [0.2, 0.25) is 0 Å². The molecule has 23 heavy (non-hydrogen) atoms. The molecule has 2 rings (SSSR count). The number of benzene rings is 1. The molecule has 7 nitrogen and oxygen atoms in total. The molecular formula is C15H18N3O4Tl. The number of allylic oxidation sites excluding steroid dienone is 1. The number of amides is 1. The van der Waals surface area contributed by atoms with Crippen LogP contribution in [0.3, 0.4) is 0 Å². The minimum absolute atomic E-state index is 0.0253. The number of carbonyl (C=O) groups excluding carboxylic acids is 1. The molecule has 8 heteroatoms. The Morgan fingerprint density at radius 2 is 2.04 bits per heavy atom. The van der Waals surface area contributed by atoms with Crippen LogP contribution in [0.2, 0.25) is 0 Å². The Balaban J connectivity index is 2.24. The third-order valence-corrected chi connectivity index (χ3v) is 7.71. The van der Waals surface area contributed by atoms with Crippen LogP contribution in [0.25, 0.3) is 6.08 Å². The number of nitro groups is 1. The number of rotatable bonds is 4. The molecule has 0 aliphatic carbocycles. The second-order valence-electron chi connectivity index (χ2n) is 5.33. The maximum atomic E-state index is 12.5. The molecule has 0 radical (unpaired) electrons. The molecule has 120 valence electrons. The molecule has 0 aromatic heterocycles. The SMILES string of the molecule is [CH2]=[Tl][N]1CCN(C(=O)c2ccc(/C=C(\C)O)c([N+](=O)[O-])c2)CC1. The third kappa shape index (κ3) is 4.44. The normalized spacial score (nSPS) is 16.0. The van der Waals surface area contributed by atoms with Crippen LogP contribution >= 0.6 is 0 Å². The van der Waals surface area contributed by atoms with Crippen LogP contribution in [0.4, 0.5) is 5.69 Å². The summed E-state index contributed by atoms with van der Waals surface area (Å²) in [5.41, 5.74) is 0.398. The summed E-state index contributed by atoms with van der Waals surface area (Å²) >= 11 is -1.03. The molecule has 1 amide bonds. The van der Waals surface area contributed by atoms with E-state index >= 15 is 0 Å². The van der Waals surface area contributed by atoms with Gasteiger partial charge in [0, 0.05) is 0 Å². The summed E-state index contributed by atoms with van der Waals surface area (Å²) in [7, 11) is 0. The van der Waals surface area contributed by atoms with Gasteiger partial charge in [0.1, 0.15) is 0 Å². The average Bonchev–Trinajstić information content (AvgIpc) is 2.54. The van der Waals surface area contributed by atoms with Crippen LogP contribution in [0, 0.1) is 10.1 Å². The monoisotopic (exact) mass is 509 g/mol. The van der Waals surface area contributed by atoms with E-state index in [0.29, 0.717) is 18.7 Å². The van der Waals surface area contributed by atoms with Crippen LogP contribution in [0.1, 0.15) is 22.8 Å². The summed E-state index contributed by atoms with van der Waals surface area (Å²) < 4.78 is 6.38. The van der Waals surface area contributed by atoms with Gasteiger partial charge in [-0.1, -0.05) is 0 Å². The molecule has 1 aliphatic rings.